The van der Waals surface area contributed by atoms with Gasteiger partial charge in [0.05, 0.1) is 0 Å². The van der Waals surface area contributed by atoms with E-state index in [0.29, 0.717) is 0 Å². The number of primary amides is 1. The molecule has 0 aromatic rings. The average Bonchev–Trinajstić information content (AvgIpc) is 1.31. The molecule has 0 aliphatic carbocycles. The summed E-state index contributed by atoms with van der Waals surface area (Å²) in [6.45, 7) is 0. The maximum Gasteiger partial charge on any atom is 0.502 e. The van der Waals surface area contributed by atoms with Gasteiger partial charge in [0, 0.05) is 0 Å². The Morgan fingerprint density at radius 3 is 1.57 bits per heavy atom. The minimum atomic E-state index is -4.35. The first kappa shape index (κ1) is 6.78. The highest BCUT2D eigenvalue weighted by Gasteiger charge is 2.39. The van der Waals surface area contributed by atoms with Crippen molar-refractivity contribution in [1.82, 2.24) is 0 Å². The number of nitrogens with two attached hydrogens (primary N) is 1. The molecule has 0 radical (unpaired) electrons. The van der Waals surface area contributed by atoms with E-state index in [9.17, 15) is 4.79 Å². The van der Waals surface area contributed by atoms with Crippen molar-refractivity contribution < 1.29 is 19.5 Å². The van der Waals surface area contributed by atoms with Gasteiger partial charge < -0.3 is 5.73 Å². The molecule has 0 aliphatic heterocycles. The zero-order chi connectivity index (χ0) is 6.08. The van der Waals surface area contributed by atoms with Crippen LogP contribution < -0.4 is 5.73 Å². The van der Waals surface area contributed by atoms with Crippen LogP contribution in [0.5, 0.6) is 0 Å². The third-order valence-electron chi connectivity index (χ3n) is 0.296. The van der Waals surface area contributed by atoms with Gasteiger partial charge in [-0.15, -0.1) is 0 Å². The van der Waals surface area contributed by atoms with E-state index < -0.39 is 13.6 Å². The van der Waals surface area contributed by atoms with Crippen molar-refractivity contribution in [3.8, 4) is 0 Å². The highest BCUT2D eigenvalue weighted by Crippen LogP contribution is 2.43. The molecule has 0 aromatic carbocycles. The second kappa shape index (κ2) is 1.71. The van der Waals surface area contributed by atoms with Crippen LogP contribution in [-0.4, -0.2) is 20.3 Å². The van der Waals surface area contributed by atoms with Crippen molar-refractivity contribution in [3.63, 3.8) is 0 Å². The second-order valence-electron chi connectivity index (χ2n) is 0.907. The molecule has 0 saturated carbocycles. The number of hydrogen-bond donors (Lipinski definition) is 4. The molecule has 0 saturated heterocycles. The van der Waals surface area contributed by atoms with Gasteiger partial charge in [0.2, 0.25) is 0 Å². The third-order valence-corrected chi connectivity index (χ3v) is 0.887. The molecule has 0 aromatic heterocycles. The normalized spacial score (nSPS) is 11.3. The molecule has 7 heavy (non-hydrogen) atoms. The van der Waals surface area contributed by atoms with E-state index in [1.54, 1.807) is 0 Å². The minimum absolute atomic E-state index is 1.48. The van der Waals surface area contributed by atoms with Crippen molar-refractivity contribution >= 4 is 13.6 Å². The molecule has 0 rings (SSSR count). The van der Waals surface area contributed by atoms with Gasteiger partial charge in [-0.1, -0.05) is 0 Å². The molecule has 6 heteroatoms. The molecular formula is CH5NO4P+. The lowest BCUT2D eigenvalue weighted by atomic mass is 11.5. The summed E-state index contributed by atoms with van der Waals surface area (Å²) < 4.78 is 0. The van der Waals surface area contributed by atoms with Gasteiger partial charge in [0.1, 0.15) is 0 Å². The molecule has 0 bridgehead atoms. The monoisotopic (exact) mass is 126 g/mol. The largest absolute Gasteiger partial charge is 0.502 e. The predicted octanol–water partition coefficient (Wildman–Crippen LogP) is -1.20. The van der Waals surface area contributed by atoms with Gasteiger partial charge >= 0.3 is 13.6 Å². The molecule has 0 atom stereocenters. The summed E-state index contributed by atoms with van der Waals surface area (Å²) in [6, 6.07) is 0. The highest BCUT2D eigenvalue weighted by molar-refractivity contribution is 7.75. The first-order chi connectivity index (χ1) is 2.94. The first-order valence-corrected chi connectivity index (χ1v) is 2.96. The Hall–Kier alpha value is -0.220. The standard InChI is InChI=1S/CH4NO4P/c2-1(3)7(4,5)6/h4-6H,(H-,2,3)/p+1. The van der Waals surface area contributed by atoms with Crippen LogP contribution >= 0.6 is 7.94 Å². The van der Waals surface area contributed by atoms with Crippen molar-refractivity contribution in [2.45, 2.75) is 0 Å². The predicted molar refractivity (Wildman–Crippen MR) is 23.2 cm³/mol. The van der Waals surface area contributed by atoms with Crippen LogP contribution in [0.25, 0.3) is 0 Å². The first-order valence-electron chi connectivity index (χ1n) is 1.32. The fraction of sp³-hybridized carbons (Fsp3) is 0. The van der Waals surface area contributed by atoms with Gasteiger partial charge in [-0.25, -0.2) is 4.79 Å². The van der Waals surface area contributed by atoms with Crippen molar-refractivity contribution in [2.24, 2.45) is 5.73 Å². The van der Waals surface area contributed by atoms with Crippen LogP contribution in [0, 0.1) is 0 Å². The van der Waals surface area contributed by atoms with Crippen LogP contribution in [0.1, 0.15) is 0 Å². The maximum absolute atomic E-state index is 9.54. The number of carbonyl (C=O) groups is 1. The lowest BCUT2D eigenvalue weighted by molar-refractivity contribution is 0.249. The van der Waals surface area contributed by atoms with E-state index in [1.165, 1.54) is 0 Å². The number of hydrogen-bond acceptors (Lipinski definition) is 4. The third kappa shape index (κ3) is 2.47. The number of carbonyl (C=O) groups excluding carboxylic acids is 1. The summed E-state index contributed by atoms with van der Waals surface area (Å²) in [5.41, 5.74) is 2.75. The molecule has 5 nitrogen and oxygen atoms in total. The fourth-order valence-corrected chi connectivity index (χ4v) is 0. The summed E-state index contributed by atoms with van der Waals surface area (Å²) >= 11 is 0. The lowest BCUT2D eigenvalue weighted by Gasteiger charge is -1.92. The smallest absolute Gasteiger partial charge is 0.329 e. The molecular weight excluding hydrogens is 121 g/mol. The molecule has 5 N–H and O–H groups in total. The zero-order valence-electron chi connectivity index (χ0n) is 3.27. The molecule has 0 aliphatic rings. The Morgan fingerprint density at radius 2 is 1.57 bits per heavy atom. The summed E-state index contributed by atoms with van der Waals surface area (Å²) in [4.78, 5) is 33.1. The summed E-state index contributed by atoms with van der Waals surface area (Å²) in [5.74, 6) is 0. The Bertz CT molecular complexity index is 84.2. The van der Waals surface area contributed by atoms with E-state index >= 15 is 0 Å². The summed E-state index contributed by atoms with van der Waals surface area (Å²) in [6.07, 6.45) is 0. The molecule has 0 spiro atoms. The van der Waals surface area contributed by atoms with Gasteiger partial charge in [-0.3, -0.25) is 0 Å². The van der Waals surface area contributed by atoms with Gasteiger partial charge in [-0.2, -0.15) is 14.7 Å². The molecule has 0 fully saturated rings. The molecule has 1 amide bonds. The zero-order valence-corrected chi connectivity index (χ0v) is 4.17. The van der Waals surface area contributed by atoms with Crippen LogP contribution in [0.4, 0.5) is 4.79 Å². The van der Waals surface area contributed by atoms with Gasteiger partial charge in [-0.05, 0) is 0 Å². The molecule has 42 valence electrons. The minimum Gasteiger partial charge on any atom is -0.329 e. The summed E-state index contributed by atoms with van der Waals surface area (Å²) in [5, 5.41) is 0. The van der Waals surface area contributed by atoms with Crippen molar-refractivity contribution in [3.05, 3.63) is 0 Å². The van der Waals surface area contributed by atoms with Gasteiger partial charge in [0.15, 0.2) is 0 Å². The Labute approximate surface area is 40.0 Å². The SMILES string of the molecule is NC(=O)[P+](O)(O)O. The van der Waals surface area contributed by atoms with Crippen LogP contribution in [0.3, 0.4) is 0 Å². The van der Waals surface area contributed by atoms with Crippen molar-refractivity contribution in [1.29, 1.82) is 0 Å². The van der Waals surface area contributed by atoms with Crippen molar-refractivity contribution in [2.75, 3.05) is 0 Å². The van der Waals surface area contributed by atoms with E-state index in [-0.39, 0.29) is 0 Å². The lowest BCUT2D eigenvalue weighted by Crippen LogP contribution is -2.12. The second-order valence-corrected chi connectivity index (χ2v) is 2.48. The summed E-state index contributed by atoms with van der Waals surface area (Å²) in [7, 11) is -4.35. The van der Waals surface area contributed by atoms with Gasteiger partial charge in [0.25, 0.3) is 0 Å². The Balaban J connectivity index is 3.79. The van der Waals surface area contributed by atoms with Crippen LogP contribution in [0.15, 0.2) is 0 Å². The Morgan fingerprint density at radius 1 is 1.43 bits per heavy atom. The highest BCUT2D eigenvalue weighted by atomic mass is 31.2. The van der Waals surface area contributed by atoms with E-state index in [1.807, 2.05) is 0 Å². The molecule has 0 heterocycles. The van der Waals surface area contributed by atoms with Crippen LogP contribution in [0.2, 0.25) is 0 Å². The topological polar surface area (TPSA) is 104 Å². The number of rotatable bonds is 1. The van der Waals surface area contributed by atoms with Crippen LogP contribution in [-0.2, 0) is 0 Å². The number of amides is 1. The Kier molecular flexibility index (Phi) is 1.66. The fourth-order valence-electron chi connectivity index (χ4n) is 0. The molecule has 0 unspecified atom stereocenters. The maximum atomic E-state index is 9.54. The van der Waals surface area contributed by atoms with E-state index in [2.05, 4.69) is 5.73 Å². The quantitative estimate of drug-likeness (QED) is 0.331. The van der Waals surface area contributed by atoms with E-state index in [4.69, 9.17) is 14.7 Å². The van der Waals surface area contributed by atoms with E-state index in [0.717, 1.165) is 0 Å². The average molecular weight is 126 g/mol.